The topological polar surface area (TPSA) is 125 Å². The zero-order valence-corrected chi connectivity index (χ0v) is 21.8. The molecular formula is C31H30N4O5. The Morgan fingerprint density at radius 3 is 2.55 bits per heavy atom. The van der Waals surface area contributed by atoms with Crippen molar-refractivity contribution in [2.75, 3.05) is 23.3 Å². The number of aromatic carboxylic acids is 1. The van der Waals surface area contributed by atoms with E-state index in [-0.39, 0.29) is 23.9 Å². The summed E-state index contributed by atoms with van der Waals surface area (Å²) in [7, 11) is 0. The van der Waals surface area contributed by atoms with E-state index >= 15 is 0 Å². The molecule has 4 aromatic rings. The fourth-order valence-corrected chi connectivity index (χ4v) is 5.34. The van der Waals surface area contributed by atoms with Crippen LogP contribution in [0.1, 0.15) is 39.4 Å². The van der Waals surface area contributed by atoms with E-state index in [0.29, 0.717) is 24.0 Å². The minimum atomic E-state index is -1.10. The molecule has 3 N–H and O–H groups in total. The van der Waals surface area contributed by atoms with E-state index in [4.69, 9.17) is 4.52 Å². The van der Waals surface area contributed by atoms with Gasteiger partial charge in [0.15, 0.2) is 0 Å². The summed E-state index contributed by atoms with van der Waals surface area (Å²) >= 11 is 0. The van der Waals surface area contributed by atoms with Gasteiger partial charge in [-0.3, -0.25) is 9.69 Å². The number of nitrogens with one attached hydrogen (secondary N) is 2. The summed E-state index contributed by atoms with van der Waals surface area (Å²) in [6.07, 6.45) is 4.34. The van der Waals surface area contributed by atoms with Crippen LogP contribution in [0.4, 0.5) is 16.4 Å². The summed E-state index contributed by atoms with van der Waals surface area (Å²) in [6.45, 7) is 0.0787. The molecule has 1 aliphatic carbocycles. The van der Waals surface area contributed by atoms with Gasteiger partial charge in [0.2, 0.25) is 11.8 Å². The Morgan fingerprint density at radius 2 is 1.77 bits per heavy atom. The normalized spacial score (nSPS) is 16.0. The second-order valence-corrected chi connectivity index (χ2v) is 9.84. The van der Waals surface area contributed by atoms with Crippen molar-refractivity contribution < 1.29 is 24.0 Å². The van der Waals surface area contributed by atoms with Gasteiger partial charge in [0.1, 0.15) is 0 Å². The van der Waals surface area contributed by atoms with Crippen molar-refractivity contribution in [2.45, 2.75) is 25.2 Å². The Labute approximate surface area is 231 Å². The second-order valence-electron chi connectivity index (χ2n) is 9.84. The van der Waals surface area contributed by atoms with Crippen LogP contribution in [0.2, 0.25) is 0 Å². The summed E-state index contributed by atoms with van der Waals surface area (Å²) in [5, 5.41) is 18.1. The Bertz CT molecular complexity index is 1470. The van der Waals surface area contributed by atoms with Gasteiger partial charge < -0.3 is 20.3 Å². The first-order valence-corrected chi connectivity index (χ1v) is 13.2. The Morgan fingerprint density at radius 1 is 0.975 bits per heavy atom. The van der Waals surface area contributed by atoms with Crippen LogP contribution in [0.25, 0.3) is 0 Å². The lowest BCUT2D eigenvalue weighted by Gasteiger charge is -2.36. The fourth-order valence-electron chi connectivity index (χ4n) is 5.34. The van der Waals surface area contributed by atoms with Crippen LogP contribution in [0.15, 0.2) is 95.6 Å². The molecule has 9 heteroatoms. The van der Waals surface area contributed by atoms with Gasteiger partial charge in [0.25, 0.3) is 0 Å². The molecule has 0 aliphatic heterocycles. The number of urea groups is 1. The van der Waals surface area contributed by atoms with Crippen LogP contribution in [-0.4, -0.2) is 41.3 Å². The Kier molecular flexibility index (Phi) is 8.20. The van der Waals surface area contributed by atoms with Gasteiger partial charge in [-0.2, -0.15) is 0 Å². The number of rotatable bonds is 9. The first kappa shape index (κ1) is 26.7. The number of carboxylic acid groups (broad SMARTS) is 1. The molecule has 9 nitrogen and oxygen atoms in total. The van der Waals surface area contributed by atoms with E-state index in [1.165, 1.54) is 41.1 Å². The molecule has 2 atom stereocenters. The number of hydrogen-bond donors (Lipinski definition) is 3. The highest BCUT2D eigenvalue weighted by molar-refractivity contribution is 5.98. The number of amides is 3. The zero-order chi connectivity index (χ0) is 27.9. The van der Waals surface area contributed by atoms with Crippen molar-refractivity contribution in [1.29, 1.82) is 0 Å². The number of benzene rings is 3. The number of hydrogen-bond acceptors (Lipinski definition) is 5. The second kappa shape index (κ2) is 12.3. The maximum atomic E-state index is 13.5. The van der Waals surface area contributed by atoms with E-state index in [0.717, 1.165) is 19.3 Å². The van der Waals surface area contributed by atoms with Gasteiger partial charge in [-0.15, -0.1) is 0 Å². The number of carboxylic acids is 1. The number of carbonyl (C=O) groups excluding carboxylic acids is 2. The van der Waals surface area contributed by atoms with Crippen LogP contribution in [0.3, 0.4) is 0 Å². The van der Waals surface area contributed by atoms with E-state index in [2.05, 4.69) is 40.1 Å². The predicted molar refractivity (Wildman–Crippen MR) is 150 cm³/mol. The van der Waals surface area contributed by atoms with Crippen molar-refractivity contribution in [1.82, 2.24) is 10.5 Å². The SMILES string of the molecule is O=C(NCC(=O)N(C[C@@H]1c2ccccc2CC[C@H]1Cc1ccccc1)c1ccno1)Nc1cccc(C(=O)O)c1. The highest BCUT2D eigenvalue weighted by Gasteiger charge is 2.33. The molecule has 1 aromatic heterocycles. The zero-order valence-electron chi connectivity index (χ0n) is 21.8. The molecule has 0 unspecified atom stereocenters. The summed E-state index contributed by atoms with van der Waals surface area (Å²) in [6, 6.07) is 25.6. The summed E-state index contributed by atoms with van der Waals surface area (Å²) in [4.78, 5) is 38.8. The van der Waals surface area contributed by atoms with Gasteiger partial charge >= 0.3 is 12.0 Å². The number of fused-ring (bicyclic) bond motifs is 1. The first-order valence-electron chi connectivity index (χ1n) is 13.2. The third kappa shape index (κ3) is 6.37. The van der Waals surface area contributed by atoms with E-state index in [1.54, 1.807) is 17.0 Å². The Hall–Kier alpha value is -4.92. The smallest absolute Gasteiger partial charge is 0.335 e. The molecule has 5 rings (SSSR count). The molecule has 3 aromatic carbocycles. The molecule has 40 heavy (non-hydrogen) atoms. The van der Waals surface area contributed by atoms with Crippen LogP contribution in [0.5, 0.6) is 0 Å². The average Bonchev–Trinajstić information content (AvgIpc) is 3.51. The molecule has 204 valence electrons. The van der Waals surface area contributed by atoms with Gasteiger partial charge in [0, 0.05) is 24.2 Å². The van der Waals surface area contributed by atoms with Crippen molar-refractivity contribution in [3.8, 4) is 0 Å². The largest absolute Gasteiger partial charge is 0.478 e. The standard InChI is InChI=1S/C31H30N4O5/c36-28(19-32-31(39)34-25-11-6-10-24(18-25)30(37)38)35(29-15-16-33-40-29)20-27-23(17-21-7-2-1-3-8-21)14-13-22-9-4-5-12-26(22)27/h1-12,15-16,18,23,27H,13-14,17,19-20H2,(H,37,38)(H2,32,34,39)/t23-,27-/m0/s1. The first-order chi connectivity index (χ1) is 19.5. The number of aromatic nitrogens is 1. The third-order valence-electron chi connectivity index (χ3n) is 7.29. The summed E-state index contributed by atoms with van der Waals surface area (Å²) < 4.78 is 5.41. The molecule has 1 heterocycles. The van der Waals surface area contributed by atoms with Crippen LogP contribution in [0, 0.1) is 5.92 Å². The minimum Gasteiger partial charge on any atom is -0.478 e. The quantitative estimate of drug-likeness (QED) is 0.272. The Balaban J connectivity index is 1.32. The van der Waals surface area contributed by atoms with Gasteiger partial charge in [-0.1, -0.05) is 65.8 Å². The number of nitrogens with zero attached hydrogens (tertiary/aromatic N) is 2. The number of carbonyl (C=O) groups is 3. The van der Waals surface area contributed by atoms with Crippen molar-refractivity contribution >= 4 is 29.5 Å². The lowest BCUT2D eigenvalue weighted by molar-refractivity contribution is -0.118. The molecule has 0 radical (unpaired) electrons. The maximum Gasteiger partial charge on any atom is 0.335 e. The van der Waals surface area contributed by atoms with E-state index in [1.807, 2.05) is 30.3 Å². The van der Waals surface area contributed by atoms with Crippen molar-refractivity contribution in [3.63, 3.8) is 0 Å². The molecule has 0 bridgehead atoms. The molecule has 0 fully saturated rings. The van der Waals surface area contributed by atoms with E-state index < -0.39 is 12.0 Å². The van der Waals surface area contributed by atoms with Crippen molar-refractivity contribution in [3.05, 3.63) is 113 Å². The highest BCUT2D eigenvalue weighted by Crippen LogP contribution is 2.39. The van der Waals surface area contributed by atoms with Gasteiger partial charge in [-0.05, 0) is 60.1 Å². The molecule has 0 saturated carbocycles. The predicted octanol–water partition coefficient (Wildman–Crippen LogP) is 5.12. The molecule has 3 amide bonds. The van der Waals surface area contributed by atoms with Crippen molar-refractivity contribution in [2.24, 2.45) is 5.92 Å². The number of aryl methyl sites for hydroxylation is 1. The van der Waals surface area contributed by atoms with Crippen LogP contribution < -0.4 is 15.5 Å². The fraction of sp³-hybridized carbons (Fsp3) is 0.226. The van der Waals surface area contributed by atoms with E-state index in [9.17, 15) is 19.5 Å². The molecule has 0 spiro atoms. The lowest BCUT2D eigenvalue weighted by Crippen LogP contribution is -2.44. The van der Waals surface area contributed by atoms with Gasteiger partial charge in [-0.25, -0.2) is 9.59 Å². The molecular weight excluding hydrogens is 508 g/mol. The number of anilines is 2. The molecule has 0 saturated heterocycles. The minimum absolute atomic E-state index is 0.0446. The monoisotopic (exact) mass is 538 g/mol. The van der Waals surface area contributed by atoms with Crippen LogP contribution in [-0.2, 0) is 17.6 Å². The van der Waals surface area contributed by atoms with Gasteiger partial charge in [0.05, 0.1) is 18.3 Å². The van der Waals surface area contributed by atoms with Crippen LogP contribution >= 0.6 is 0 Å². The highest BCUT2D eigenvalue weighted by atomic mass is 16.5. The molecule has 1 aliphatic rings. The lowest BCUT2D eigenvalue weighted by atomic mass is 9.72. The average molecular weight is 539 g/mol. The summed E-state index contributed by atoms with van der Waals surface area (Å²) in [5.41, 5.74) is 4.10. The maximum absolute atomic E-state index is 13.5. The summed E-state index contributed by atoms with van der Waals surface area (Å²) in [5.74, 6) is -0.799. The third-order valence-corrected chi connectivity index (χ3v) is 7.29.